The van der Waals surface area contributed by atoms with Crippen LogP contribution in [0.2, 0.25) is 0 Å². The minimum Gasteiger partial charge on any atom is -0.497 e. The zero-order valence-electron chi connectivity index (χ0n) is 10.9. The Labute approximate surface area is 120 Å². The molecule has 0 radical (unpaired) electrons. The summed E-state index contributed by atoms with van der Waals surface area (Å²) in [5, 5.41) is 11.2. The lowest BCUT2D eigenvalue weighted by Gasteiger charge is -2.03. The van der Waals surface area contributed by atoms with Gasteiger partial charge in [0.05, 0.1) is 12.7 Å². The SMILES string of the molecule is CNCCCc1nnc(-c2cc(OC)ccc2Br)o1. The molecule has 1 aromatic heterocycles. The molecule has 0 aliphatic carbocycles. The van der Waals surface area contributed by atoms with Crippen molar-refractivity contribution in [1.29, 1.82) is 0 Å². The molecule has 0 saturated heterocycles. The van der Waals surface area contributed by atoms with Crippen LogP contribution in [0.4, 0.5) is 0 Å². The average Bonchev–Trinajstić information content (AvgIpc) is 2.88. The molecule has 0 atom stereocenters. The minimum absolute atomic E-state index is 0.505. The standard InChI is InChI=1S/C13H16BrN3O2/c1-15-7-3-4-12-16-17-13(19-12)10-8-9(18-2)5-6-11(10)14/h5-6,8,15H,3-4,7H2,1-2H3. The van der Waals surface area contributed by atoms with Crippen molar-refractivity contribution in [3.63, 3.8) is 0 Å². The van der Waals surface area contributed by atoms with Crippen LogP contribution in [0.5, 0.6) is 5.75 Å². The van der Waals surface area contributed by atoms with Crippen LogP contribution in [0.15, 0.2) is 27.1 Å². The highest BCUT2D eigenvalue weighted by molar-refractivity contribution is 9.10. The lowest BCUT2D eigenvalue weighted by molar-refractivity contribution is 0.414. The number of aromatic nitrogens is 2. The molecule has 1 N–H and O–H groups in total. The van der Waals surface area contributed by atoms with E-state index >= 15 is 0 Å². The maximum Gasteiger partial charge on any atom is 0.249 e. The summed E-state index contributed by atoms with van der Waals surface area (Å²) in [6.07, 6.45) is 1.74. The minimum atomic E-state index is 0.505. The highest BCUT2D eigenvalue weighted by Crippen LogP contribution is 2.30. The van der Waals surface area contributed by atoms with Crippen LogP contribution in [0.25, 0.3) is 11.5 Å². The first kappa shape index (κ1) is 14.0. The molecule has 0 saturated carbocycles. The average molecular weight is 326 g/mol. The summed E-state index contributed by atoms with van der Waals surface area (Å²) in [7, 11) is 3.55. The second-order valence-electron chi connectivity index (χ2n) is 4.05. The van der Waals surface area contributed by atoms with Crippen molar-refractivity contribution in [3.8, 4) is 17.2 Å². The van der Waals surface area contributed by atoms with Gasteiger partial charge in [0.25, 0.3) is 0 Å². The monoisotopic (exact) mass is 325 g/mol. The summed E-state index contributed by atoms with van der Waals surface area (Å²) < 4.78 is 11.8. The summed E-state index contributed by atoms with van der Waals surface area (Å²) >= 11 is 3.48. The van der Waals surface area contributed by atoms with E-state index in [2.05, 4.69) is 31.4 Å². The summed E-state index contributed by atoms with van der Waals surface area (Å²) in [5.74, 6) is 1.92. The fourth-order valence-corrected chi connectivity index (χ4v) is 2.09. The third-order valence-electron chi connectivity index (χ3n) is 2.69. The van der Waals surface area contributed by atoms with Gasteiger partial charge in [-0.2, -0.15) is 0 Å². The number of halogens is 1. The number of methoxy groups -OCH3 is 1. The van der Waals surface area contributed by atoms with Crippen LogP contribution < -0.4 is 10.1 Å². The predicted molar refractivity (Wildman–Crippen MR) is 76.2 cm³/mol. The Morgan fingerprint density at radius 3 is 2.95 bits per heavy atom. The first-order chi connectivity index (χ1) is 9.24. The van der Waals surface area contributed by atoms with Crippen molar-refractivity contribution in [1.82, 2.24) is 15.5 Å². The van der Waals surface area contributed by atoms with Crippen molar-refractivity contribution in [3.05, 3.63) is 28.6 Å². The highest BCUT2D eigenvalue weighted by atomic mass is 79.9. The van der Waals surface area contributed by atoms with Gasteiger partial charge in [0.1, 0.15) is 5.75 Å². The zero-order chi connectivity index (χ0) is 13.7. The molecule has 1 aromatic carbocycles. The van der Waals surface area contributed by atoms with E-state index in [1.807, 2.05) is 25.2 Å². The molecule has 102 valence electrons. The molecule has 0 spiro atoms. The van der Waals surface area contributed by atoms with E-state index in [0.29, 0.717) is 11.8 Å². The summed E-state index contributed by atoms with van der Waals surface area (Å²) in [5.41, 5.74) is 0.840. The number of nitrogens with one attached hydrogen (secondary N) is 1. The number of hydrogen-bond acceptors (Lipinski definition) is 5. The van der Waals surface area contributed by atoms with Gasteiger partial charge in [-0.15, -0.1) is 10.2 Å². The first-order valence-corrected chi connectivity index (χ1v) is 6.84. The maximum absolute atomic E-state index is 5.66. The number of ether oxygens (including phenoxy) is 1. The Bertz CT molecular complexity index is 542. The lowest BCUT2D eigenvalue weighted by atomic mass is 10.2. The van der Waals surface area contributed by atoms with Gasteiger partial charge >= 0.3 is 0 Å². The van der Waals surface area contributed by atoms with E-state index in [1.54, 1.807) is 7.11 Å². The first-order valence-electron chi connectivity index (χ1n) is 6.05. The molecule has 0 fully saturated rings. The van der Waals surface area contributed by atoms with Gasteiger partial charge < -0.3 is 14.5 Å². The fourth-order valence-electron chi connectivity index (χ4n) is 1.68. The molecule has 1 heterocycles. The third kappa shape index (κ3) is 3.54. The topological polar surface area (TPSA) is 60.2 Å². The van der Waals surface area contributed by atoms with Gasteiger partial charge in [-0.25, -0.2) is 0 Å². The number of nitrogens with zero attached hydrogens (tertiary/aromatic N) is 2. The smallest absolute Gasteiger partial charge is 0.249 e. The van der Waals surface area contributed by atoms with Gasteiger partial charge in [0.2, 0.25) is 11.8 Å². The van der Waals surface area contributed by atoms with E-state index in [-0.39, 0.29) is 0 Å². The summed E-state index contributed by atoms with van der Waals surface area (Å²) in [6, 6.07) is 5.64. The van der Waals surface area contributed by atoms with E-state index in [1.165, 1.54) is 0 Å². The molecule has 0 bridgehead atoms. The summed E-state index contributed by atoms with van der Waals surface area (Å²) in [4.78, 5) is 0. The van der Waals surface area contributed by atoms with E-state index < -0.39 is 0 Å². The molecule has 0 unspecified atom stereocenters. The number of hydrogen-bond donors (Lipinski definition) is 1. The van der Waals surface area contributed by atoms with Crippen LogP contribution in [0.1, 0.15) is 12.3 Å². The van der Waals surface area contributed by atoms with Crippen molar-refractivity contribution in [2.75, 3.05) is 20.7 Å². The van der Waals surface area contributed by atoms with Gasteiger partial charge in [-0.1, -0.05) is 0 Å². The Hall–Kier alpha value is -1.40. The normalized spacial score (nSPS) is 10.7. The molecule has 0 aliphatic rings. The van der Waals surface area contributed by atoms with Crippen LogP contribution in [0, 0.1) is 0 Å². The Morgan fingerprint density at radius 1 is 1.37 bits per heavy atom. The number of rotatable bonds is 6. The molecule has 2 rings (SSSR count). The molecule has 6 heteroatoms. The predicted octanol–water partition coefficient (Wildman–Crippen LogP) is 2.66. The van der Waals surface area contributed by atoms with Crippen LogP contribution in [-0.4, -0.2) is 30.9 Å². The number of benzene rings is 1. The Kier molecular flexibility index (Phi) is 4.93. The van der Waals surface area contributed by atoms with Crippen molar-refractivity contribution in [2.24, 2.45) is 0 Å². The van der Waals surface area contributed by atoms with Crippen molar-refractivity contribution in [2.45, 2.75) is 12.8 Å². The van der Waals surface area contributed by atoms with E-state index in [0.717, 1.165) is 35.2 Å². The maximum atomic E-state index is 5.66. The molecule has 5 nitrogen and oxygen atoms in total. The van der Waals surface area contributed by atoms with E-state index in [9.17, 15) is 0 Å². The van der Waals surface area contributed by atoms with E-state index in [4.69, 9.17) is 9.15 Å². The van der Waals surface area contributed by atoms with Gasteiger partial charge in [0.15, 0.2) is 0 Å². The zero-order valence-corrected chi connectivity index (χ0v) is 12.5. The highest BCUT2D eigenvalue weighted by Gasteiger charge is 2.12. The van der Waals surface area contributed by atoms with Crippen molar-refractivity contribution >= 4 is 15.9 Å². The molecule has 0 aliphatic heterocycles. The van der Waals surface area contributed by atoms with Gasteiger partial charge in [-0.3, -0.25) is 0 Å². The number of aryl methyl sites for hydroxylation is 1. The van der Waals surface area contributed by atoms with Gasteiger partial charge in [0, 0.05) is 10.9 Å². The second kappa shape index (κ2) is 6.68. The molecular formula is C13H16BrN3O2. The quantitative estimate of drug-likeness (QED) is 0.827. The molecule has 2 aromatic rings. The Balaban J connectivity index is 2.17. The summed E-state index contributed by atoms with van der Waals surface area (Å²) in [6.45, 7) is 0.931. The fraction of sp³-hybridized carbons (Fsp3) is 0.385. The van der Waals surface area contributed by atoms with Gasteiger partial charge in [-0.05, 0) is 54.1 Å². The second-order valence-corrected chi connectivity index (χ2v) is 4.91. The largest absolute Gasteiger partial charge is 0.497 e. The van der Waals surface area contributed by atoms with Crippen LogP contribution in [0.3, 0.4) is 0 Å². The van der Waals surface area contributed by atoms with Crippen LogP contribution in [-0.2, 0) is 6.42 Å². The third-order valence-corrected chi connectivity index (χ3v) is 3.38. The molecule has 0 amide bonds. The van der Waals surface area contributed by atoms with Crippen LogP contribution >= 0.6 is 15.9 Å². The van der Waals surface area contributed by atoms with Crippen molar-refractivity contribution < 1.29 is 9.15 Å². The molecular weight excluding hydrogens is 310 g/mol. The lowest BCUT2D eigenvalue weighted by Crippen LogP contribution is -2.08. The molecule has 19 heavy (non-hydrogen) atoms. The Morgan fingerprint density at radius 2 is 2.21 bits per heavy atom.